The van der Waals surface area contributed by atoms with Crippen molar-refractivity contribution in [3.05, 3.63) is 23.8 Å². The van der Waals surface area contributed by atoms with Crippen LogP contribution in [0.5, 0.6) is 11.5 Å². The first-order chi connectivity index (χ1) is 8.91. The van der Waals surface area contributed by atoms with E-state index in [1.54, 1.807) is 7.11 Å². The van der Waals surface area contributed by atoms with E-state index >= 15 is 0 Å². The summed E-state index contributed by atoms with van der Waals surface area (Å²) in [6.07, 6.45) is 3.81. The lowest BCUT2D eigenvalue weighted by Gasteiger charge is -2.39. The highest BCUT2D eigenvalue weighted by atomic mass is 16.5. The first-order valence-electron chi connectivity index (χ1n) is 7.27. The zero-order valence-corrected chi connectivity index (χ0v) is 12.4. The van der Waals surface area contributed by atoms with Gasteiger partial charge in [-0.3, -0.25) is 0 Å². The van der Waals surface area contributed by atoms with E-state index in [1.807, 2.05) is 12.1 Å². The lowest BCUT2D eigenvalue weighted by Crippen LogP contribution is -2.31. The van der Waals surface area contributed by atoms with Gasteiger partial charge in [0, 0.05) is 5.56 Å². The van der Waals surface area contributed by atoms with Crippen molar-refractivity contribution in [1.29, 1.82) is 0 Å². The summed E-state index contributed by atoms with van der Waals surface area (Å²) in [7, 11) is 1.62. The number of rotatable bonds is 2. The fraction of sp³-hybridized carbons (Fsp3) is 0.647. The van der Waals surface area contributed by atoms with Crippen LogP contribution in [0.25, 0.3) is 0 Å². The van der Waals surface area contributed by atoms with Crippen molar-refractivity contribution in [2.45, 2.75) is 46.0 Å². The Morgan fingerprint density at radius 3 is 2.53 bits per heavy atom. The van der Waals surface area contributed by atoms with Gasteiger partial charge >= 0.3 is 0 Å². The van der Waals surface area contributed by atoms with Crippen LogP contribution in [-0.2, 0) is 0 Å². The summed E-state index contributed by atoms with van der Waals surface area (Å²) in [6, 6.07) is 5.90. The van der Waals surface area contributed by atoms with Gasteiger partial charge in [-0.15, -0.1) is 0 Å². The molecular formula is C17H24O2. The molecule has 0 unspecified atom stereocenters. The summed E-state index contributed by atoms with van der Waals surface area (Å²) in [5.74, 6) is 2.19. The van der Waals surface area contributed by atoms with E-state index in [0.717, 1.165) is 11.5 Å². The zero-order valence-electron chi connectivity index (χ0n) is 12.4. The number of phenols is 1. The van der Waals surface area contributed by atoms with E-state index in [2.05, 4.69) is 26.8 Å². The summed E-state index contributed by atoms with van der Waals surface area (Å²) in [5.41, 5.74) is 1.74. The minimum atomic E-state index is 0.293. The summed E-state index contributed by atoms with van der Waals surface area (Å²) in [5, 5.41) is 10.4. The maximum absolute atomic E-state index is 10.4. The number of benzene rings is 1. The fourth-order valence-corrected chi connectivity index (χ4v) is 4.66. The largest absolute Gasteiger partial charge is 0.504 e. The number of para-hydroxylation sites is 1. The zero-order chi connectivity index (χ0) is 13.8. The van der Waals surface area contributed by atoms with E-state index in [-0.39, 0.29) is 0 Å². The van der Waals surface area contributed by atoms with Crippen LogP contribution < -0.4 is 4.74 Å². The van der Waals surface area contributed by atoms with E-state index in [9.17, 15) is 5.11 Å². The van der Waals surface area contributed by atoms with Crippen molar-refractivity contribution in [2.24, 2.45) is 16.7 Å². The number of hydrogen-bond acceptors (Lipinski definition) is 2. The van der Waals surface area contributed by atoms with Gasteiger partial charge in [0.15, 0.2) is 11.5 Å². The summed E-state index contributed by atoms with van der Waals surface area (Å²) in [4.78, 5) is 0. The Hall–Kier alpha value is -1.18. The lowest BCUT2D eigenvalue weighted by atomic mass is 9.65. The van der Waals surface area contributed by atoms with Gasteiger partial charge in [-0.05, 0) is 48.0 Å². The number of fused-ring (bicyclic) bond motifs is 2. The number of methoxy groups -OCH3 is 1. The van der Waals surface area contributed by atoms with Crippen LogP contribution in [0.2, 0.25) is 0 Å². The molecule has 1 aromatic carbocycles. The first kappa shape index (κ1) is 12.8. The molecule has 104 valence electrons. The normalized spacial score (nSPS) is 35.6. The number of aromatic hydroxyl groups is 1. The third kappa shape index (κ3) is 1.49. The molecule has 0 heterocycles. The van der Waals surface area contributed by atoms with Crippen molar-refractivity contribution in [3.63, 3.8) is 0 Å². The SMILES string of the molecule is COc1cccc([C@@H]2C[C@@H]3CC[C@]2(C)C3(C)C)c1O. The highest BCUT2D eigenvalue weighted by Crippen LogP contribution is 2.71. The standard InChI is InChI=1S/C17H24O2/c1-16(2)11-8-9-17(16,3)13(10-11)12-6-5-7-14(19-4)15(12)18/h5-7,11,13,18H,8-10H2,1-4H3/t11-,13-,17-/m0/s1. The Morgan fingerprint density at radius 2 is 2.00 bits per heavy atom. The molecule has 0 radical (unpaired) electrons. The van der Waals surface area contributed by atoms with Gasteiger partial charge in [0.25, 0.3) is 0 Å². The van der Waals surface area contributed by atoms with Gasteiger partial charge in [0.1, 0.15) is 0 Å². The molecule has 3 atom stereocenters. The van der Waals surface area contributed by atoms with Crippen LogP contribution in [0.1, 0.15) is 51.5 Å². The molecule has 19 heavy (non-hydrogen) atoms. The summed E-state index contributed by atoms with van der Waals surface area (Å²) < 4.78 is 5.26. The molecule has 3 rings (SSSR count). The molecule has 0 aromatic heterocycles. The fourth-order valence-electron chi connectivity index (χ4n) is 4.66. The van der Waals surface area contributed by atoms with Crippen molar-refractivity contribution >= 4 is 0 Å². The minimum Gasteiger partial charge on any atom is -0.504 e. The molecule has 1 N–H and O–H groups in total. The van der Waals surface area contributed by atoms with Gasteiger partial charge in [0.05, 0.1) is 7.11 Å². The van der Waals surface area contributed by atoms with Crippen molar-refractivity contribution < 1.29 is 9.84 Å². The second kappa shape index (κ2) is 3.91. The average molecular weight is 260 g/mol. The van der Waals surface area contributed by atoms with Gasteiger partial charge < -0.3 is 9.84 Å². The van der Waals surface area contributed by atoms with Crippen LogP contribution >= 0.6 is 0 Å². The second-order valence-corrected chi connectivity index (χ2v) is 7.06. The highest BCUT2D eigenvalue weighted by molar-refractivity contribution is 5.48. The smallest absolute Gasteiger partial charge is 0.161 e. The summed E-state index contributed by atoms with van der Waals surface area (Å²) in [6.45, 7) is 7.22. The topological polar surface area (TPSA) is 29.5 Å². The van der Waals surface area contributed by atoms with Crippen LogP contribution in [-0.4, -0.2) is 12.2 Å². The molecular weight excluding hydrogens is 236 g/mol. The van der Waals surface area contributed by atoms with Crippen molar-refractivity contribution in [3.8, 4) is 11.5 Å². The number of ether oxygens (including phenoxy) is 1. The molecule has 2 bridgehead atoms. The Labute approximate surface area is 115 Å². The predicted octanol–water partition coefficient (Wildman–Crippen LogP) is 4.33. The third-order valence-electron chi connectivity index (χ3n) is 6.42. The van der Waals surface area contributed by atoms with E-state index in [0.29, 0.717) is 28.2 Å². The highest BCUT2D eigenvalue weighted by Gasteiger charge is 2.61. The number of phenolic OH excluding ortho intramolecular Hbond substituents is 1. The molecule has 2 nitrogen and oxygen atoms in total. The lowest BCUT2D eigenvalue weighted by molar-refractivity contribution is 0.133. The molecule has 0 amide bonds. The molecule has 2 fully saturated rings. The molecule has 0 aliphatic heterocycles. The molecule has 2 saturated carbocycles. The molecule has 2 aliphatic carbocycles. The monoisotopic (exact) mass is 260 g/mol. The molecule has 2 aliphatic rings. The molecule has 2 heteroatoms. The Morgan fingerprint density at radius 1 is 1.26 bits per heavy atom. The van der Waals surface area contributed by atoms with Crippen molar-refractivity contribution in [1.82, 2.24) is 0 Å². The van der Waals surface area contributed by atoms with Gasteiger partial charge in [-0.1, -0.05) is 32.9 Å². The van der Waals surface area contributed by atoms with E-state index in [1.165, 1.54) is 19.3 Å². The number of hydrogen-bond donors (Lipinski definition) is 1. The predicted molar refractivity (Wildman–Crippen MR) is 76.6 cm³/mol. The minimum absolute atomic E-state index is 0.293. The van der Waals surface area contributed by atoms with Gasteiger partial charge in [0.2, 0.25) is 0 Å². The van der Waals surface area contributed by atoms with E-state index in [4.69, 9.17) is 4.74 Å². The van der Waals surface area contributed by atoms with Crippen LogP contribution in [0.4, 0.5) is 0 Å². The quantitative estimate of drug-likeness (QED) is 0.857. The maximum Gasteiger partial charge on any atom is 0.161 e. The van der Waals surface area contributed by atoms with Gasteiger partial charge in [-0.25, -0.2) is 0 Å². The third-order valence-corrected chi connectivity index (χ3v) is 6.42. The van der Waals surface area contributed by atoms with E-state index < -0.39 is 0 Å². The molecule has 0 saturated heterocycles. The van der Waals surface area contributed by atoms with Gasteiger partial charge in [-0.2, -0.15) is 0 Å². The Kier molecular flexibility index (Phi) is 2.64. The molecule has 1 aromatic rings. The van der Waals surface area contributed by atoms with Crippen LogP contribution in [0, 0.1) is 16.7 Å². The Balaban J connectivity index is 2.06. The van der Waals surface area contributed by atoms with Crippen LogP contribution in [0.3, 0.4) is 0 Å². The molecule has 0 spiro atoms. The van der Waals surface area contributed by atoms with Crippen molar-refractivity contribution in [2.75, 3.05) is 7.11 Å². The first-order valence-corrected chi connectivity index (χ1v) is 7.27. The average Bonchev–Trinajstić information content (AvgIpc) is 2.71. The second-order valence-electron chi connectivity index (χ2n) is 7.06. The summed E-state index contributed by atoms with van der Waals surface area (Å²) >= 11 is 0. The van der Waals surface area contributed by atoms with Crippen LogP contribution in [0.15, 0.2) is 18.2 Å². The maximum atomic E-state index is 10.4. The Bertz CT molecular complexity index is 506.